The van der Waals surface area contributed by atoms with Gasteiger partial charge < -0.3 is 14.8 Å². The molecule has 1 N–H and O–H groups in total. The molecule has 5 heteroatoms. The molecule has 178 valence electrons. The first-order valence-corrected chi connectivity index (χ1v) is 12.5. The van der Waals surface area contributed by atoms with Gasteiger partial charge in [0.2, 0.25) is 0 Å². The summed E-state index contributed by atoms with van der Waals surface area (Å²) in [7, 11) is 0. The van der Waals surface area contributed by atoms with E-state index >= 15 is 0 Å². The van der Waals surface area contributed by atoms with Crippen molar-refractivity contribution in [3.63, 3.8) is 0 Å². The molecule has 0 saturated carbocycles. The van der Waals surface area contributed by atoms with Crippen molar-refractivity contribution in [2.45, 2.75) is 53.6 Å². The molecule has 2 atom stereocenters. The number of aromatic nitrogens is 2. The standard InChI is InChI=1S/C30H32N4S/c1-18-10-12-24(13-11-18)34-29(27(32-30(34)35)26-9-7-8-14-31-26)25-17-22(5)33(23(25)6)28-20(3)15-19(2)16-21(28)4/h7-17,27,29H,1-6H3,(H,32,35)/t27-,29+/m0/s1. The fraction of sp³-hybridized carbons (Fsp3) is 0.267. The second-order valence-corrected chi connectivity index (χ2v) is 10.1. The first kappa shape index (κ1) is 23.3. The van der Waals surface area contributed by atoms with Gasteiger partial charge in [-0.1, -0.05) is 41.5 Å². The van der Waals surface area contributed by atoms with Gasteiger partial charge in [-0.15, -0.1) is 0 Å². The van der Waals surface area contributed by atoms with E-state index in [0.717, 1.165) is 16.5 Å². The molecule has 1 aliphatic rings. The molecule has 0 spiro atoms. The Morgan fingerprint density at radius 1 is 0.829 bits per heavy atom. The normalized spacial score (nSPS) is 17.7. The van der Waals surface area contributed by atoms with Crippen molar-refractivity contribution >= 4 is 23.0 Å². The largest absolute Gasteiger partial charge is 0.351 e. The number of benzene rings is 2. The number of rotatable bonds is 4. The lowest BCUT2D eigenvalue weighted by Gasteiger charge is -2.28. The molecule has 0 amide bonds. The summed E-state index contributed by atoms with van der Waals surface area (Å²) in [6, 6.07) is 21.5. The number of nitrogens with zero attached hydrogens (tertiary/aromatic N) is 3. The van der Waals surface area contributed by atoms with Gasteiger partial charge in [-0.05, 0) is 101 Å². The van der Waals surface area contributed by atoms with Crippen molar-refractivity contribution < 1.29 is 0 Å². The molecule has 5 rings (SSSR count). The van der Waals surface area contributed by atoms with Gasteiger partial charge in [-0.25, -0.2) is 0 Å². The van der Waals surface area contributed by atoms with Crippen LogP contribution < -0.4 is 10.2 Å². The van der Waals surface area contributed by atoms with Gasteiger partial charge in [0.05, 0.1) is 23.5 Å². The van der Waals surface area contributed by atoms with E-state index < -0.39 is 0 Å². The second kappa shape index (κ2) is 8.97. The van der Waals surface area contributed by atoms with Crippen molar-refractivity contribution in [2.75, 3.05) is 4.90 Å². The van der Waals surface area contributed by atoms with E-state index in [2.05, 4.69) is 105 Å². The highest BCUT2D eigenvalue weighted by molar-refractivity contribution is 7.80. The summed E-state index contributed by atoms with van der Waals surface area (Å²) in [5.41, 5.74) is 12.1. The highest BCUT2D eigenvalue weighted by atomic mass is 32.1. The van der Waals surface area contributed by atoms with E-state index in [4.69, 9.17) is 17.2 Å². The van der Waals surface area contributed by atoms with Crippen molar-refractivity contribution in [3.05, 3.63) is 112 Å². The van der Waals surface area contributed by atoms with E-state index in [1.54, 1.807) is 0 Å². The molecule has 0 radical (unpaired) electrons. The molecular formula is C30H32N4S. The number of hydrogen-bond donors (Lipinski definition) is 1. The lowest BCUT2D eigenvalue weighted by atomic mass is 9.96. The fourth-order valence-corrected chi connectivity index (χ4v) is 5.96. The Kier molecular flexibility index (Phi) is 5.97. The Balaban J connectivity index is 1.71. The second-order valence-electron chi connectivity index (χ2n) is 9.74. The van der Waals surface area contributed by atoms with Crippen LogP contribution in [-0.4, -0.2) is 14.7 Å². The summed E-state index contributed by atoms with van der Waals surface area (Å²) in [4.78, 5) is 6.97. The highest BCUT2D eigenvalue weighted by Crippen LogP contribution is 2.44. The third kappa shape index (κ3) is 4.04. The van der Waals surface area contributed by atoms with E-state index in [1.165, 1.54) is 44.9 Å². The van der Waals surface area contributed by atoms with E-state index in [9.17, 15) is 0 Å². The summed E-state index contributed by atoms with van der Waals surface area (Å²) in [6.45, 7) is 13.1. The first-order chi connectivity index (χ1) is 16.8. The van der Waals surface area contributed by atoms with Crippen LogP contribution in [0.15, 0.2) is 66.9 Å². The first-order valence-electron chi connectivity index (χ1n) is 12.1. The van der Waals surface area contributed by atoms with Crippen molar-refractivity contribution in [1.29, 1.82) is 0 Å². The summed E-state index contributed by atoms with van der Waals surface area (Å²) in [5, 5.41) is 4.32. The van der Waals surface area contributed by atoms with Gasteiger partial charge in [0.1, 0.15) is 0 Å². The molecule has 4 nitrogen and oxygen atoms in total. The quantitative estimate of drug-likeness (QED) is 0.322. The van der Waals surface area contributed by atoms with Gasteiger partial charge in [0, 0.05) is 23.3 Å². The molecule has 1 fully saturated rings. The molecule has 1 saturated heterocycles. The van der Waals surface area contributed by atoms with Crippen LogP contribution in [0.2, 0.25) is 0 Å². The number of nitrogens with one attached hydrogen (secondary N) is 1. The predicted octanol–water partition coefficient (Wildman–Crippen LogP) is 6.90. The Bertz CT molecular complexity index is 1380. The Morgan fingerprint density at radius 3 is 2.14 bits per heavy atom. The van der Waals surface area contributed by atoms with E-state index in [-0.39, 0.29) is 12.1 Å². The molecule has 3 heterocycles. The topological polar surface area (TPSA) is 33.1 Å². The van der Waals surface area contributed by atoms with Gasteiger partial charge >= 0.3 is 0 Å². The van der Waals surface area contributed by atoms with Crippen molar-refractivity contribution in [3.8, 4) is 5.69 Å². The lowest BCUT2D eigenvalue weighted by Crippen LogP contribution is -2.29. The number of thiocarbonyl (C=S) groups is 1. The van der Waals surface area contributed by atoms with Crippen LogP contribution >= 0.6 is 12.2 Å². The Hall–Kier alpha value is -3.44. The molecule has 4 aromatic rings. The minimum Gasteiger partial charge on any atom is -0.351 e. The smallest absolute Gasteiger partial charge is 0.174 e. The molecule has 2 aromatic heterocycles. The van der Waals surface area contributed by atoms with Crippen LogP contribution in [0.5, 0.6) is 0 Å². The van der Waals surface area contributed by atoms with Crippen LogP contribution in [0.1, 0.15) is 57.0 Å². The average molecular weight is 481 g/mol. The van der Waals surface area contributed by atoms with Crippen LogP contribution in [0.3, 0.4) is 0 Å². The Morgan fingerprint density at radius 2 is 1.51 bits per heavy atom. The molecule has 35 heavy (non-hydrogen) atoms. The molecule has 0 aliphatic carbocycles. The van der Waals surface area contributed by atoms with Crippen LogP contribution in [0, 0.1) is 41.5 Å². The van der Waals surface area contributed by atoms with Crippen LogP contribution in [-0.2, 0) is 0 Å². The zero-order valence-electron chi connectivity index (χ0n) is 21.3. The zero-order chi connectivity index (χ0) is 24.9. The minimum atomic E-state index is -0.0563. The molecule has 2 aromatic carbocycles. The fourth-order valence-electron chi connectivity index (χ4n) is 5.61. The summed E-state index contributed by atoms with van der Waals surface area (Å²) in [6.07, 6.45) is 1.86. The highest BCUT2D eigenvalue weighted by Gasteiger charge is 2.42. The molecule has 0 bridgehead atoms. The maximum Gasteiger partial charge on any atom is 0.174 e. The summed E-state index contributed by atoms with van der Waals surface area (Å²) >= 11 is 5.92. The van der Waals surface area contributed by atoms with Crippen LogP contribution in [0.25, 0.3) is 5.69 Å². The lowest BCUT2D eigenvalue weighted by molar-refractivity contribution is 0.565. The number of pyridine rings is 1. The maximum absolute atomic E-state index is 5.92. The predicted molar refractivity (Wildman–Crippen MR) is 149 cm³/mol. The molecule has 1 aliphatic heterocycles. The summed E-state index contributed by atoms with van der Waals surface area (Å²) in [5.74, 6) is 0. The van der Waals surface area contributed by atoms with Crippen molar-refractivity contribution in [2.24, 2.45) is 0 Å². The molecule has 0 unspecified atom stereocenters. The van der Waals surface area contributed by atoms with Gasteiger partial charge in [0.15, 0.2) is 5.11 Å². The van der Waals surface area contributed by atoms with Crippen LogP contribution in [0.4, 0.5) is 5.69 Å². The SMILES string of the molecule is Cc1ccc(N2C(=S)N[C@@H](c3ccccn3)[C@H]2c2cc(C)n(-c3c(C)cc(C)cc3C)c2C)cc1. The third-order valence-electron chi connectivity index (χ3n) is 7.06. The van der Waals surface area contributed by atoms with E-state index in [0.29, 0.717) is 0 Å². The Labute approximate surface area is 213 Å². The third-order valence-corrected chi connectivity index (χ3v) is 7.37. The summed E-state index contributed by atoms with van der Waals surface area (Å²) < 4.78 is 2.41. The van der Waals surface area contributed by atoms with Gasteiger partial charge in [-0.3, -0.25) is 4.98 Å². The minimum absolute atomic E-state index is 0.0221. The van der Waals surface area contributed by atoms with Crippen molar-refractivity contribution in [1.82, 2.24) is 14.9 Å². The zero-order valence-corrected chi connectivity index (χ0v) is 22.1. The number of hydrogen-bond acceptors (Lipinski definition) is 2. The average Bonchev–Trinajstić information content (AvgIpc) is 3.30. The molecular weight excluding hydrogens is 448 g/mol. The number of anilines is 1. The van der Waals surface area contributed by atoms with Gasteiger partial charge in [0.25, 0.3) is 0 Å². The van der Waals surface area contributed by atoms with Gasteiger partial charge in [-0.2, -0.15) is 0 Å². The van der Waals surface area contributed by atoms with E-state index in [1.807, 2.05) is 18.3 Å². The number of aryl methyl sites for hydroxylation is 5. The maximum atomic E-state index is 5.92. The monoisotopic (exact) mass is 480 g/mol.